The first-order valence-electron chi connectivity index (χ1n) is 6.14. The average Bonchev–Trinajstić information content (AvgIpc) is 2.20. The molecular formula is C15H19ClO3. The monoisotopic (exact) mass is 282 g/mol. The standard InChI is InChI=1S/C15H19ClO3/c1-9-5-11(12(16)6-10(9)2)13(17)7-15(3,4)8-14(18)19/h5-6H,7-8H2,1-4H3,(H,18,19). The van der Waals surface area contributed by atoms with Gasteiger partial charge < -0.3 is 5.11 Å². The van der Waals surface area contributed by atoms with Crippen molar-refractivity contribution < 1.29 is 14.7 Å². The number of ketones is 1. The largest absolute Gasteiger partial charge is 0.481 e. The summed E-state index contributed by atoms with van der Waals surface area (Å²) in [7, 11) is 0. The van der Waals surface area contributed by atoms with Crippen molar-refractivity contribution in [1.82, 2.24) is 0 Å². The van der Waals surface area contributed by atoms with Gasteiger partial charge in [-0.2, -0.15) is 0 Å². The fourth-order valence-corrected chi connectivity index (χ4v) is 2.32. The number of carbonyl (C=O) groups excluding carboxylic acids is 1. The molecule has 0 aliphatic carbocycles. The van der Waals surface area contributed by atoms with E-state index < -0.39 is 11.4 Å². The van der Waals surface area contributed by atoms with Crippen molar-refractivity contribution in [3.05, 3.63) is 33.8 Å². The molecule has 0 aliphatic heterocycles. The van der Waals surface area contributed by atoms with Crippen LogP contribution in [0.15, 0.2) is 12.1 Å². The third-order valence-electron chi connectivity index (χ3n) is 3.15. The summed E-state index contributed by atoms with van der Waals surface area (Å²) in [6.07, 6.45) is 0.128. The van der Waals surface area contributed by atoms with Gasteiger partial charge in [0.1, 0.15) is 0 Å². The molecule has 104 valence electrons. The molecule has 1 aromatic rings. The summed E-state index contributed by atoms with van der Waals surface area (Å²) in [5.74, 6) is -1.01. The van der Waals surface area contributed by atoms with Crippen LogP contribution in [0, 0.1) is 19.3 Å². The van der Waals surface area contributed by atoms with E-state index in [4.69, 9.17) is 16.7 Å². The Hall–Kier alpha value is -1.35. The third-order valence-corrected chi connectivity index (χ3v) is 3.47. The van der Waals surface area contributed by atoms with Crippen molar-refractivity contribution in [3.63, 3.8) is 0 Å². The first-order valence-corrected chi connectivity index (χ1v) is 6.52. The van der Waals surface area contributed by atoms with Crippen LogP contribution in [0.5, 0.6) is 0 Å². The first-order chi connectivity index (χ1) is 8.62. The Balaban J connectivity index is 2.96. The Kier molecular flexibility index (Phi) is 4.75. The van der Waals surface area contributed by atoms with E-state index in [0.717, 1.165) is 11.1 Å². The fourth-order valence-electron chi connectivity index (χ4n) is 2.00. The minimum absolute atomic E-state index is 0.0405. The number of rotatable bonds is 5. The normalized spacial score (nSPS) is 11.4. The molecule has 0 fully saturated rings. The minimum atomic E-state index is -0.899. The average molecular weight is 283 g/mol. The number of carboxylic acids is 1. The van der Waals surface area contributed by atoms with Crippen LogP contribution in [0.1, 0.15) is 48.2 Å². The molecule has 4 heteroatoms. The molecule has 0 amide bonds. The predicted octanol–water partition coefficient (Wildman–Crippen LogP) is 4.03. The Morgan fingerprint density at radius 3 is 2.21 bits per heavy atom. The number of aliphatic carboxylic acids is 1. The summed E-state index contributed by atoms with van der Waals surface area (Å²) in [5.41, 5.74) is 1.93. The third kappa shape index (κ3) is 4.35. The quantitative estimate of drug-likeness (QED) is 0.830. The van der Waals surface area contributed by atoms with Crippen LogP contribution in [0.25, 0.3) is 0 Å². The zero-order valence-corrected chi connectivity index (χ0v) is 12.5. The molecule has 0 radical (unpaired) electrons. The van der Waals surface area contributed by atoms with E-state index in [0.29, 0.717) is 10.6 Å². The molecular weight excluding hydrogens is 264 g/mol. The number of hydrogen-bond donors (Lipinski definition) is 1. The predicted molar refractivity (Wildman–Crippen MR) is 75.9 cm³/mol. The molecule has 0 heterocycles. The maximum absolute atomic E-state index is 12.2. The Bertz CT molecular complexity index is 518. The van der Waals surface area contributed by atoms with Gasteiger partial charge in [0.15, 0.2) is 5.78 Å². The second-order valence-electron chi connectivity index (χ2n) is 5.75. The topological polar surface area (TPSA) is 54.4 Å². The summed E-state index contributed by atoms with van der Waals surface area (Å²) >= 11 is 6.09. The van der Waals surface area contributed by atoms with E-state index in [-0.39, 0.29) is 18.6 Å². The molecule has 0 spiro atoms. The van der Waals surface area contributed by atoms with Gasteiger partial charge in [-0.15, -0.1) is 0 Å². The number of aryl methyl sites for hydroxylation is 2. The van der Waals surface area contributed by atoms with Crippen LogP contribution in [0.2, 0.25) is 5.02 Å². The van der Waals surface area contributed by atoms with Crippen LogP contribution < -0.4 is 0 Å². The van der Waals surface area contributed by atoms with Gasteiger partial charge in [0.05, 0.1) is 11.4 Å². The van der Waals surface area contributed by atoms with Gasteiger partial charge in [0.25, 0.3) is 0 Å². The zero-order valence-electron chi connectivity index (χ0n) is 11.7. The van der Waals surface area contributed by atoms with Gasteiger partial charge >= 0.3 is 5.97 Å². The van der Waals surface area contributed by atoms with Crippen LogP contribution in [-0.2, 0) is 4.79 Å². The van der Waals surface area contributed by atoms with Crippen molar-refractivity contribution in [2.75, 3.05) is 0 Å². The van der Waals surface area contributed by atoms with Gasteiger partial charge in [-0.3, -0.25) is 9.59 Å². The highest BCUT2D eigenvalue weighted by Crippen LogP contribution is 2.30. The lowest BCUT2D eigenvalue weighted by atomic mass is 9.82. The van der Waals surface area contributed by atoms with E-state index >= 15 is 0 Å². The molecule has 0 aliphatic rings. The van der Waals surface area contributed by atoms with Gasteiger partial charge in [-0.05, 0) is 42.5 Å². The number of carbonyl (C=O) groups is 2. The second kappa shape index (κ2) is 5.74. The van der Waals surface area contributed by atoms with Crippen molar-refractivity contribution in [3.8, 4) is 0 Å². The van der Waals surface area contributed by atoms with E-state index in [1.165, 1.54) is 0 Å². The number of benzene rings is 1. The molecule has 0 bridgehead atoms. The van der Waals surface area contributed by atoms with Gasteiger partial charge in [0.2, 0.25) is 0 Å². The maximum Gasteiger partial charge on any atom is 0.303 e. The summed E-state index contributed by atoms with van der Waals surface area (Å²) in [4.78, 5) is 23.0. The Morgan fingerprint density at radius 2 is 1.68 bits per heavy atom. The van der Waals surface area contributed by atoms with Crippen LogP contribution in [0.3, 0.4) is 0 Å². The molecule has 19 heavy (non-hydrogen) atoms. The van der Waals surface area contributed by atoms with Crippen molar-refractivity contribution in [2.45, 2.75) is 40.5 Å². The summed E-state index contributed by atoms with van der Waals surface area (Å²) in [6.45, 7) is 7.40. The number of halogens is 1. The van der Waals surface area contributed by atoms with E-state index in [9.17, 15) is 9.59 Å². The van der Waals surface area contributed by atoms with Crippen molar-refractivity contribution in [1.29, 1.82) is 0 Å². The number of Topliss-reactive ketones (excluding diaryl/α,β-unsaturated/α-hetero) is 1. The molecule has 1 N–H and O–H groups in total. The smallest absolute Gasteiger partial charge is 0.303 e. The highest BCUT2D eigenvalue weighted by Gasteiger charge is 2.26. The molecule has 0 aromatic heterocycles. The molecule has 1 aromatic carbocycles. The van der Waals surface area contributed by atoms with Gasteiger partial charge in [-0.25, -0.2) is 0 Å². The molecule has 0 unspecified atom stereocenters. The first kappa shape index (κ1) is 15.7. The lowest BCUT2D eigenvalue weighted by Crippen LogP contribution is -2.21. The van der Waals surface area contributed by atoms with Crippen LogP contribution in [-0.4, -0.2) is 16.9 Å². The molecule has 1 rings (SSSR count). The van der Waals surface area contributed by atoms with E-state index in [1.54, 1.807) is 26.0 Å². The highest BCUT2D eigenvalue weighted by molar-refractivity contribution is 6.34. The van der Waals surface area contributed by atoms with Crippen LogP contribution in [0.4, 0.5) is 0 Å². The van der Waals surface area contributed by atoms with Crippen molar-refractivity contribution in [2.24, 2.45) is 5.41 Å². The number of hydrogen-bond acceptors (Lipinski definition) is 2. The Labute approximate surface area is 118 Å². The highest BCUT2D eigenvalue weighted by atomic mass is 35.5. The van der Waals surface area contributed by atoms with Gasteiger partial charge in [-0.1, -0.05) is 25.4 Å². The SMILES string of the molecule is Cc1cc(Cl)c(C(=O)CC(C)(C)CC(=O)O)cc1C. The van der Waals surface area contributed by atoms with Crippen molar-refractivity contribution >= 4 is 23.4 Å². The number of carboxylic acid groups (broad SMARTS) is 1. The zero-order chi connectivity index (χ0) is 14.8. The van der Waals surface area contributed by atoms with E-state index in [1.807, 2.05) is 13.8 Å². The van der Waals surface area contributed by atoms with E-state index in [2.05, 4.69) is 0 Å². The minimum Gasteiger partial charge on any atom is -0.481 e. The molecule has 0 saturated carbocycles. The molecule has 3 nitrogen and oxygen atoms in total. The lowest BCUT2D eigenvalue weighted by molar-refractivity contribution is -0.139. The molecule has 0 atom stereocenters. The maximum atomic E-state index is 12.2. The molecule has 0 saturated heterocycles. The van der Waals surface area contributed by atoms with Crippen LogP contribution >= 0.6 is 11.6 Å². The second-order valence-corrected chi connectivity index (χ2v) is 6.16. The Morgan fingerprint density at radius 1 is 1.16 bits per heavy atom. The lowest BCUT2D eigenvalue weighted by Gasteiger charge is -2.21. The summed E-state index contributed by atoms with van der Waals surface area (Å²) in [5, 5.41) is 9.26. The fraction of sp³-hybridized carbons (Fsp3) is 0.467. The van der Waals surface area contributed by atoms with Gasteiger partial charge in [0, 0.05) is 12.0 Å². The summed E-state index contributed by atoms with van der Waals surface area (Å²) in [6, 6.07) is 3.55. The summed E-state index contributed by atoms with van der Waals surface area (Å²) < 4.78 is 0.